The van der Waals surface area contributed by atoms with Gasteiger partial charge in [0, 0.05) is 38.7 Å². The summed E-state index contributed by atoms with van der Waals surface area (Å²) in [5, 5.41) is 0. The number of pyridine rings is 1. The second-order valence-corrected chi connectivity index (χ2v) is 7.94. The predicted molar refractivity (Wildman–Crippen MR) is 116 cm³/mol. The zero-order chi connectivity index (χ0) is 21.0. The molecule has 0 radical (unpaired) electrons. The molecule has 0 aliphatic carbocycles. The second kappa shape index (κ2) is 8.89. The zero-order valence-electron chi connectivity index (χ0n) is 17.5. The fraction of sp³-hybridized carbons (Fsp3) is 0.375. The van der Waals surface area contributed by atoms with Crippen LogP contribution in [-0.2, 0) is 30.5 Å². The first-order valence-electron chi connectivity index (χ1n) is 10.9. The van der Waals surface area contributed by atoms with Gasteiger partial charge < -0.3 is 19.0 Å². The summed E-state index contributed by atoms with van der Waals surface area (Å²) >= 11 is 0. The van der Waals surface area contributed by atoms with E-state index in [1.807, 2.05) is 35.2 Å². The number of aryl methyl sites for hydroxylation is 2. The molecule has 0 N–H and O–H groups in total. The van der Waals surface area contributed by atoms with Crippen molar-refractivity contribution in [3.63, 3.8) is 0 Å². The molecule has 0 spiro atoms. The van der Waals surface area contributed by atoms with Crippen molar-refractivity contribution in [2.45, 2.75) is 25.8 Å². The molecule has 1 saturated heterocycles. The molecule has 4 heterocycles. The van der Waals surface area contributed by atoms with E-state index in [9.17, 15) is 4.79 Å². The van der Waals surface area contributed by atoms with Crippen molar-refractivity contribution in [1.29, 1.82) is 0 Å². The number of nitrogens with zero attached hydrogens (tertiary/aromatic N) is 4. The first kappa shape index (κ1) is 19.8. The van der Waals surface area contributed by atoms with Gasteiger partial charge in [-0.3, -0.25) is 4.79 Å². The third-order valence-electron chi connectivity index (χ3n) is 5.86. The lowest BCUT2D eigenvalue weighted by Crippen LogP contribution is -2.37. The Morgan fingerprint density at radius 2 is 1.84 bits per heavy atom. The Labute approximate surface area is 181 Å². The average Bonchev–Trinajstić information content (AvgIpc) is 3.26. The average molecular weight is 418 g/mol. The number of anilines is 1. The summed E-state index contributed by atoms with van der Waals surface area (Å²) in [6.45, 7) is 4.19. The predicted octanol–water partition coefficient (Wildman–Crippen LogP) is 2.89. The maximum atomic E-state index is 13.0. The Balaban J connectivity index is 1.22. The summed E-state index contributed by atoms with van der Waals surface area (Å²) in [6.07, 6.45) is 4.03. The van der Waals surface area contributed by atoms with Crippen molar-refractivity contribution in [1.82, 2.24) is 14.9 Å². The summed E-state index contributed by atoms with van der Waals surface area (Å²) in [6, 6.07) is 14.1. The van der Waals surface area contributed by atoms with Gasteiger partial charge in [-0.15, -0.1) is 0 Å². The van der Waals surface area contributed by atoms with E-state index >= 15 is 0 Å². The van der Waals surface area contributed by atoms with Crippen molar-refractivity contribution in [2.24, 2.45) is 0 Å². The molecule has 160 valence electrons. The van der Waals surface area contributed by atoms with Gasteiger partial charge in [-0.2, -0.15) is 0 Å². The lowest BCUT2D eigenvalue weighted by Gasteiger charge is -2.28. The van der Waals surface area contributed by atoms with Crippen LogP contribution in [0.5, 0.6) is 0 Å². The fourth-order valence-corrected chi connectivity index (χ4v) is 4.10. The molecule has 2 aromatic heterocycles. The number of carbonyl (C=O) groups is 1. The Morgan fingerprint density at radius 3 is 2.61 bits per heavy atom. The maximum absolute atomic E-state index is 13.0. The quantitative estimate of drug-likeness (QED) is 0.635. The van der Waals surface area contributed by atoms with Gasteiger partial charge in [0.2, 0.25) is 0 Å². The smallest absolute Gasteiger partial charge is 0.255 e. The molecule has 1 amide bonds. The number of oxazole rings is 1. The Hall–Kier alpha value is -3.19. The van der Waals surface area contributed by atoms with Crippen LogP contribution in [0, 0.1) is 0 Å². The van der Waals surface area contributed by atoms with Crippen LogP contribution < -0.4 is 4.90 Å². The van der Waals surface area contributed by atoms with Crippen LogP contribution in [0.1, 0.15) is 33.3 Å². The van der Waals surface area contributed by atoms with Crippen molar-refractivity contribution < 1.29 is 13.9 Å². The minimum atomic E-state index is -0.0134. The highest BCUT2D eigenvalue weighted by atomic mass is 16.5. The first-order valence-corrected chi connectivity index (χ1v) is 10.9. The van der Waals surface area contributed by atoms with E-state index in [0.29, 0.717) is 38.3 Å². The number of rotatable bonds is 5. The highest BCUT2D eigenvalue weighted by Crippen LogP contribution is 2.23. The van der Waals surface area contributed by atoms with Crippen molar-refractivity contribution in [3.05, 3.63) is 77.1 Å². The standard InChI is InChI=1S/C24H26N4O3/c29-24(19-7-8-22(25-16-19)27-12-14-30-15-13-27)28-11-10-21-20(17-28)26-23(31-21)9-6-18-4-2-1-3-5-18/h1-5,7-8,16H,6,9-15,17H2. The number of carbonyl (C=O) groups excluding carboxylic acids is 1. The summed E-state index contributed by atoms with van der Waals surface area (Å²) in [4.78, 5) is 26.2. The number of amides is 1. The lowest BCUT2D eigenvalue weighted by atomic mass is 10.1. The Bertz CT molecular complexity index is 1030. The molecule has 2 aliphatic rings. The number of hydrogen-bond acceptors (Lipinski definition) is 6. The van der Waals surface area contributed by atoms with E-state index in [1.165, 1.54) is 5.56 Å². The largest absolute Gasteiger partial charge is 0.445 e. The Morgan fingerprint density at radius 1 is 1.00 bits per heavy atom. The van der Waals surface area contributed by atoms with Crippen LogP contribution >= 0.6 is 0 Å². The number of aromatic nitrogens is 2. The van der Waals surface area contributed by atoms with Gasteiger partial charge >= 0.3 is 0 Å². The van der Waals surface area contributed by atoms with Gasteiger partial charge in [-0.05, 0) is 24.1 Å². The third kappa shape index (κ3) is 4.46. The van der Waals surface area contributed by atoms with E-state index in [2.05, 4.69) is 27.0 Å². The number of hydrogen-bond donors (Lipinski definition) is 0. The highest BCUT2D eigenvalue weighted by Gasteiger charge is 2.26. The molecule has 1 fully saturated rings. The second-order valence-electron chi connectivity index (χ2n) is 7.94. The monoisotopic (exact) mass is 418 g/mol. The summed E-state index contributed by atoms with van der Waals surface area (Å²) in [7, 11) is 0. The molecular weight excluding hydrogens is 392 g/mol. The van der Waals surface area contributed by atoms with Crippen molar-refractivity contribution in [2.75, 3.05) is 37.7 Å². The van der Waals surface area contributed by atoms with Crippen LogP contribution in [0.15, 0.2) is 53.1 Å². The molecule has 0 unspecified atom stereocenters. The number of benzene rings is 1. The molecule has 5 rings (SSSR count). The molecule has 7 heteroatoms. The van der Waals surface area contributed by atoms with Crippen LogP contribution in [0.25, 0.3) is 0 Å². The molecule has 7 nitrogen and oxygen atoms in total. The minimum Gasteiger partial charge on any atom is -0.445 e. The number of ether oxygens (including phenoxy) is 1. The van der Waals surface area contributed by atoms with E-state index < -0.39 is 0 Å². The summed E-state index contributed by atoms with van der Waals surface area (Å²) < 4.78 is 11.4. The lowest BCUT2D eigenvalue weighted by molar-refractivity contribution is 0.0727. The van der Waals surface area contributed by atoms with Crippen molar-refractivity contribution >= 4 is 11.7 Å². The summed E-state index contributed by atoms with van der Waals surface area (Å²) in [5.74, 6) is 2.54. The molecule has 0 bridgehead atoms. The molecule has 3 aromatic rings. The van der Waals surface area contributed by atoms with Gasteiger partial charge in [0.1, 0.15) is 17.3 Å². The first-order chi connectivity index (χ1) is 15.3. The summed E-state index contributed by atoms with van der Waals surface area (Å²) in [5.41, 5.74) is 2.75. The van der Waals surface area contributed by atoms with E-state index in [4.69, 9.17) is 9.15 Å². The van der Waals surface area contributed by atoms with Gasteiger partial charge in [0.15, 0.2) is 5.89 Å². The van der Waals surface area contributed by atoms with Crippen LogP contribution in [0.4, 0.5) is 5.82 Å². The molecular formula is C24H26N4O3. The normalized spacial score (nSPS) is 16.3. The Kier molecular flexibility index (Phi) is 5.67. The number of morpholine rings is 1. The topological polar surface area (TPSA) is 71.7 Å². The van der Waals surface area contributed by atoms with Gasteiger partial charge in [-0.25, -0.2) is 9.97 Å². The van der Waals surface area contributed by atoms with Gasteiger partial charge in [-0.1, -0.05) is 30.3 Å². The highest BCUT2D eigenvalue weighted by molar-refractivity contribution is 5.94. The van der Waals surface area contributed by atoms with Gasteiger partial charge in [0.05, 0.1) is 25.3 Å². The fourth-order valence-electron chi connectivity index (χ4n) is 4.10. The zero-order valence-corrected chi connectivity index (χ0v) is 17.5. The maximum Gasteiger partial charge on any atom is 0.255 e. The number of fused-ring (bicyclic) bond motifs is 1. The van der Waals surface area contributed by atoms with E-state index in [1.54, 1.807) is 6.20 Å². The third-order valence-corrected chi connectivity index (χ3v) is 5.86. The van der Waals surface area contributed by atoms with Crippen LogP contribution in [0.2, 0.25) is 0 Å². The molecule has 1 aromatic carbocycles. The molecule has 0 saturated carbocycles. The molecule has 0 atom stereocenters. The molecule has 2 aliphatic heterocycles. The van der Waals surface area contributed by atoms with E-state index in [-0.39, 0.29) is 5.91 Å². The van der Waals surface area contributed by atoms with Crippen LogP contribution in [-0.4, -0.2) is 53.6 Å². The minimum absolute atomic E-state index is 0.0134. The van der Waals surface area contributed by atoms with Gasteiger partial charge in [0.25, 0.3) is 5.91 Å². The SMILES string of the molecule is O=C(c1ccc(N2CCOCC2)nc1)N1CCc2oc(CCc3ccccc3)nc2C1. The molecule has 31 heavy (non-hydrogen) atoms. The van der Waals surface area contributed by atoms with E-state index in [0.717, 1.165) is 49.1 Å². The van der Waals surface area contributed by atoms with Crippen LogP contribution in [0.3, 0.4) is 0 Å². The van der Waals surface area contributed by atoms with Crippen molar-refractivity contribution in [3.8, 4) is 0 Å².